The van der Waals surface area contributed by atoms with Crippen molar-refractivity contribution < 1.29 is 13.9 Å². The second-order valence-electron chi connectivity index (χ2n) is 4.02. The van der Waals surface area contributed by atoms with Gasteiger partial charge in [0.2, 0.25) is 0 Å². The summed E-state index contributed by atoms with van der Waals surface area (Å²) in [4.78, 5) is 15.9. The summed E-state index contributed by atoms with van der Waals surface area (Å²) in [5, 5.41) is 2.83. The minimum Gasteiger partial charge on any atom is -0.467 e. The van der Waals surface area contributed by atoms with E-state index in [1.807, 2.05) is 0 Å². The van der Waals surface area contributed by atoms with Crippen LogP contribution in [0, 0.1) is 5.82 Å². The van der Waals surface area contributed by atoms with Gasteiger partial charge in [-0.3, -0.25) is 4.98 Å². The predicted octanol–water partition coefficient (Wildman–Crippen LogP) is 3.31. The first kappa shape index (κ1) is 14.5. The van der Waals surface area contributed by atoms with E-state index in [2.05, 4.69) is 26.2 Å². The molecule has 2 rings (SSSR count). The minimum absolute atomic E-state index is 0.225. The Morgan fingerprint density at radius 2 is 2.15 bits per heavy atom. The molecule has 0 bridgehead atoms. The molecule has 6 heteroatoms. The van der Waals surface area contributed by atoms with E-state index >= 15 is 0 Å². The highest BCUT2D eigenvalue weighted by molar-refractivity contribution is 9.10. The molecule has 0 radical (unpaired) electrons. The summed E-state index contributed by atoms with van der Waals surface area (Å²) in [5.41, 5.74) is 0.803. The highest BCUT2D eigenvalue weighted by atomic mass is 79.9. The molecule has 1 atom stereocenters. The topological polar surface area (TPSA) is 51.2 Å². The number of esters is 1. The van der Waals surface area contributed by atoms with Crippen LogP contribution in [0.4, 0.5) is 10.1 Å². The zero-order valence-electron chi connectivity index (χ0n) is 10.6. The Kier molecular flexibility index (Phi) is 4.68. The summed E-state index contributed by atoms with van der Waals surface area (Å²) < 4.78 is 19.1. The molecule has 104 valence electrons. The first-order valence-corrected chi connectivity index (χ1v) is 6.60. The van der Waals surface area contributed by atoms with Crippen molar-refractivity contribution in [3.05, 3.63) is 58.6 Å². The van der Waals surface area contributed by atoms with Crippen LogP contribution in [0.3, 0.4) is 0 Å². The molecule has 0 saturated heterocycles. The van der Waals surface area contributed by atoms with E-state index in [9.17, 15) is 9.18 Å². The van der Waals surface area contributed by atoms with Gasteiger partial charge in [0.25, 0.3) is 0 Å². The summed E-state index contributed by atoms with van der Waals surface area (Å²) in [6, 6.07) is 7.02. The second kappa shape index (κ2) is 6.47. The predicted molar refractivity (Wildman–Crippen MR) is 76.7 cm³/mol. The minimum atomic E-state index is -0.832. The Hall–Kier alpha value is -1.95. The maximum absolute atomic E-state index is 13.7. The normalized spacial score (nSPS) is 11.8. The van der Waals surface area contributed by atoms with Crippen molar-refractivity contribution >= 4 is 27.6 Å². The molecule has 0 amide bonds. The smallest absolute Gasteiger partial charge is 0.333 e. The number of nitrogens with one attached hydrogen (secondary N) is 1. The second-order valence-corrected chi connectivity index (χ2v) is 4.93. The molecule has 20 heavy (non-hydrogen) atoms. The van der Waals surface area contributed by atoms with Crippen molar-refractivity contribution in [1.29, 1.82) is 0 Å². The summed E-state index contributed by atoms with van der Waals surface area (Å²) in [6.07, 6.45) is 3.13. The van der Waals surface area contributed by atoms with Gasteiger partial charge in [-0.2, -0.15) is 0 Å². The summed E-state index contributed by atoms with van der Waals surface area (Å²) in [7, 11) is 1.28. The van der Waals surface area contributed by atoms with E-state index in [0.29, 0.717) is 5.56 Å². The average molecular weight is 339 g/mol. The van der Waals surface area contributed by atoms with Crippen molar-refractivity contribution in [2.45, 2.75) is 6.04 Å². The number of hydrogen-bond donors (Lipinski definition) is 1. The zero-order valence-corrected chi connectivity index (χ0v) is 12.2. The molecular weight excluding hydrogens is 327 g/mol. The molecule has 0 fully saturated rings. The molecule has 0 aliphatic carbocycles. The Labute approximate surface area is 124 Å². The number of para-hydroxylation sites is 1. The number of rotatable bonds is 4. The SMILES string of the molecule is COC(=O)C(Nc1ccccc1F)c1cncc(Br)c1. The summed E-state index contributed by atoms with van der Waals surface area (Å²) in [5.74, 6) is -0.961. The summed E-state index contributed by atoms with van der Waals surface area (Å²) >= 11 is 3.28. The lowest BCUT2D eigenvalue weighted by Crippen LogP contribution is -2.23. The number of carbonyl (C=O) groups excluding carboxylic acids is 1. The number of hydrogen-bond acceptors (Lipinski definition) is 4. The molecule has 0 saturated carbocycles. The van der Waals surface area contributed by atoms with E-state index in [1.165, 1.54) is 19.4 Å². The fourth-order valence-electron chi connectivity index (χ4n) is 1.72. The lowest BCUT2D eigenvalue weighted by Gasteiger charge is -2.18. The van der Waals surface area contributed by atoms with Crippen molar-refractivity contribution in [3.8, 4) is 0 Å². The molecule has 4 nitrogen and oxygen atoms in total. The molecule has 0 spiro atoms. The molecule has 1 aromatic carbocycles. The number of aromatic nitrogens is 1. The Bertz CT molecular complexity index is 622. The van der Waals surface area contributed by atoms with Crippen LogP contribution in [-0.2, 0) is 9.53 Å². The number of nitrogens with zero attached hydrogens (tertiary/aromatic N) is 1. The van der Waals surface area contributed by atoms with Gasteiger partial charge in [-0.05, 0) is 34.1 Å². The van der Waals surface area contributed by atoms with Crippen molar-refractivity contribution in [2.24, 2.45) is 0 Å². The standard InChI is InChI=1S/C14H12BrFN2O2/c1-20-14(19)13(9-6-10(15)8-17-7-9)18-12-5-3-2-4-11(12)16/h2-8,13,18H,1H3. The van der Waals surface area contributed by atoms with Crippen LogP contribution in [0.25, 0.3) is 0 Å². The van der Waals surface area contributed by atoms with E-state index in [4.69, 9.17) is 4.74 Å². The molecular formula is C14H12BrFN2O2. The number of pyridine rings is 1. The van der Waals surface area contributed by atoms with Crippen molar-refractivity contribution in [2.75, 3.05) is 12.4 Å². The highest BCUT2D eigenvalue weighted by Gasteiger charge is 2.22. The zero-order chi connectivity index (χ0) is 14.5. The van der Waals surface area contributed by atoms with Gasteiger partial charge >= 0.3 is 5.97 Å². The maximum Gasteiger partial charge on any atom is 0.333 e. The third kappa shape index (κ3) is 3.33. The first-order valence-electron chi connectivity index (χ1n) is 5.81. The molecule has 0 aliphatic heterocycles. The maximum atomic E-state index is 13.7. The Morgan fingerprint density at radius 1 is 1.40 bits per heavy atom. The van der Waals surface area contributed by atoms with Gasteiger partial charge in [-0.1, -0.05) is 12.1 Å². The molecule has 1 aromatic heterocycles. The number of carbonyl (C=O) groups is 1. The number of methoxy groups -OCH3 is 1. The van der Waals surface area contributed by atoms with Gasteiger partial charge in [0.1, 0.15) is 5.82 Å². The summed E-state index contributed by atoms with van der Waals surface area (Å²) in [6.45, 7) is 0. The number of halogens is 2. The van der Waals surface area contributed by atoms with Crippen LogP contribution in [0.2, 0.25) is 0 Å². The van der Waals surface area contributed by atoms with Crippen LogP contribution in [-0.4, -0.2) is 18.1 Å². The van der Waals surface area contributed by atoms with Crippen molar-refractivity contribution in [3.63, 3.8) is 0 Å². The van der Waals surface area contributed by atoms with Gasteiger partial charge in [-0.15, -0.1) is 0 Å². The van der Waals surface area contributed by atoms with E-state index in [-0.39, 0.29) is 5.69 Å². The van der Waals surface area contributed by atoms with Gasteiger partial charge in [0.05, 0.1) is 12.8 Å². The monoisotopic (exact) mass is 338 g/mol. The van der Waals surface area contributed by atoms with Crippen LogP contribution < -0.4 is 5.32 Å². The number of anilines is 1. The lowest BCUT2D eigenvalue weighted by atomic mass is 10.1. The third-order valence-corrected chi connectivity index (χ3v) is 3.10. The third-order valence-electron chi connectivity index (χ3n) is 2.67. The van der Waals surface area contributed by atoms with Crippen LogP contribution in [0.1, 0.15) is 11.6 Å². The van der Waals surface area contributed by atoms with E-state index in [0.717, 1.165) is 4.47 Å². The number of benzene rings is 1. The first-order chi connectivity index (χ1) is 9.61. The molecule has 1 N–H and O–H groups in total. The lowest BCUT2D eigenvalue weighted by molar-refractivity contribution is -0.141. The van der Waals surface area contributed by atoms with Gasteiger partial charge in [0, 0.05) is 22.4 Å². The van der Waals surface area contributed by atoms with E-state index < -0.39 is 17.8 Å². The van der Waals surface area contributed by atoms with Gasteiger partial charge in [0.15, 0.2) is 6.04 Å². The fraction of sp³-hybridized carbons (Fsp3) is 0.143. The Balaban J connectivity index is 2.34. The molecule has 1 heterocycles. The average Bonchev–Trinajstić information content (AvgIpc) is 2.45. The van der Waals surface area contributed by atoms with Crippen LogP contribution >= 0.6 is 15.9 Å². The van der Waals surface area contributed by atoms with Crippen molar-refractivity contribution in [1.82, 2.24) is 4.98 Å². The largest absolute Gasteiger partial charge is 0.467 e. The molecule has 1 unspecified atom stereocenters. The molecule has 2 aromatic rings. The Morgan fingerprint density at radius 3 is 2.80 bits per heavy atom. The van der Waals surface area contributed by atoms with Gasteiger partial charge in [-0.25, -0.2) is 9.18 Å². The van der Waals surface area contributed by atoms with Gasteiger partial charge < -0.3 is 10.1 Å². The highest BCUT2D eigenvalue weighted by Crippen LogP contribution is 2.24. The molecule has 0 aliphatic rings. The van der Waals surface area contributed by atoms with E-state index in [1.54, 1.807) is 30.5 Å². The van der Waals surface area contributed by atoms with Crippen LogP contribution in [0.5, 0.6) is 0 Å². The number of ether oxygens (including phenoxy) is 1. The fourth-order valence-corrected chi connectivity index (χ4v) is 2.10. The quantitative estimate of drug-likeness (QED) is 0.869. The van der Waals surface area contributed by atoms with Crippen LogP contribution in [0.15, 0.2) is 47.2 Å².